The zero-order valence-corrected chi connectivity index (χ0v) is 13.6. The number of ether oxygens (including phenoxy) is 2. The van der Waals surface area contributed by atoms with Crippen LogP contribution in [0.5, 0.6) is 0 Å². The van der Waals surface area contributed by atoms with Gasteiger partial charge in [0.25, 0.3) is 5.91 Å². The van der Waals surface area contributed by atoms with Crippen LogP contribution in [0.3, 0.4) is 0 Å². The molecule has 2 aliphatic rings. The summed E-state index contributed by atoms with van der Waals surface area (Å²) in [5.41, 5.74) is 0.717. The number of carbonyl (C=O) groups excluding carboxylic acids is 1. The first-order chi connectivity index (χ1) is 10.7. The van der Waals surface area contributed by atoms with Gasteiger partial charge in [-0.15, -0.1) is 0 Å². The molecule has 1 amide bonds. The lowest BCUT2D eigenvalue weighted by Gasteiger charge is -2.50. The zero-order chi connectivity index (χ0) is 15.6. The van der Waals surface area contributed by atoms with E-state index in [1.165, 1.54) is 0 Å². The smallest absolute Gasteiger partial charge is 0.270 e. The van der Waals surface area contributed by atoms with Crippen molar-refractivity contribution < 1.29 is 14.3 Å². The Morgan fingerprint density at radius 1 is 1.55 bits per heavy atom. The Hall–Kier alpha value is -1.33. The van der Waals surface area contributed by atoms with Crippen molar-refractivity contribution in [1.29, 1.82) is 0 Å². The van der Waals surface area contributed by atoms with E-state index in [2.05, 4.69) is 0 Å². The summed E-state index contributed by atoms with van der Waals surface area (Å²) in [7, 11) is 1.92. The minimum Gasteiger partial charge on any atom is -0.381 e. The van der Waals surface area contributed by atoms with E-state index in [1.54, 1.807) is 0 Å². The molecule has 0 N–H and O–H groups in total. The molecular formula is C17H26N2O3. The summed E-state index contributed by atoms with van der Waals surface area (Å²) in [6, 6.07) is 3.81. The molecule has 5 heteroatoms. The molecule has 0 saturated carbocycles. The first-order valence-corrected chi connectivity index (χ1v) is 8.26. The van der Waals surface area contributed by atoms with Crippen LogP contribution in [0.15, 0.2) is 18.3 Å². The summed E-state index contributed by atoms with van der Waals surface area (Å²) in [6.45, 7) is 5.75. The molecule has 1 aromatic heterocycles. The molecule has 2 saturated heterocycles. The molecule has 122 valence electrons. The van der Waals surface area contributed by atoms with Crippen LogP contribution < -0.4 is 0 Å². The van der Waals surface area contributed by atoms with E-state index in [-0.39, 0.29) is 17.4 Å². The van der Waals surface area contributed by atoms with E-state index in [0.29, 0.717) is 13.2 Å². The van der Waals surface area contributed by atoms with Crippen molar-refractivity contribution >= 4 is 5.91 Å². The monoisotopic (exact) mass is 306 g/mol. The van der Waals surface area contributed by atoms with Gasteiger partial charge in [-0.2, -0.15) is 0 Å². The third-order valence-electron chi connectivity index (χ3n) is 5.03. The Morgan fingerprint density at radius 3 is 3.14 bits per heavy atom. The molecule has 0 spiro atoms. The fourth-order valence-electron chi connectivity index (χ4n) is 3.82. The van der Waals surface area contributed by atoms with Gasteiger partial charge in [0.1, 0.15) is 5.69 Å². The second-order valence-corrected chi connectivity index (χ2v) is 6.48. The van der Waals surface area contributed by atoms with Crippen molar-refractivity contribution in [2.75, 3.05) is 32.9 Å². The molecule has 2 aliphatic heterocycles. The number of amides is 1. The van der Waals surface area contributed by atoms with Gasteiger partial charge in [0.15, 0.2) is 0 Å². The summed E-state index contributed by atoms with van der Waals surface area (Å²) in [4.78, 5) is 14.8. The number of aromatic nitrogens is 1. The minimum absolute atomic E-state index is 0.0344. The van der Waals surface area contributed by atoms with Gasteiger partial charge in [0, 0.05) is 45.0 Å². The number of piperidine rings is 1. The minimum atomic E-state index is -0.0344. The molecule has 0 aromatic carbocycles. The fraction of sp³-hybridized carbons (Fsp3) is 0.706. The number of carbonyl (C=O) groups is 1. The zero-order valence-electron chi connectivity index (χ0n) is 13.6. The highest BCUT2D eigenvalue weighted by Gasteiger charge is 2.47. The van der Waals surface area contributed by atoms with Gasteiger partial charge in [-0.1, -0.05) is 0 Å². The van der Waals surface area contributed by atoms with Gasteiger partial charge in [-0.05, 0) is 38.3 Å². The van der Waals surface area contributed by atoms with Gasteiger partial charge >= 0.3 is 0 Å². The van der Waals surface area contributed by atoms with Crippen molar-refractivity contribution in [3.8, 4) is 0 Å². The summed E-state index contributed by atoms with van der Waals surface area (Å²) >= 11 is 0. The normalized spacial score (nSPS) is 28.5. The Morgan fingerprint density at radius 2 is 2.41 bits per heavy atom. The van der Waals surface area contributed by atoms with Crippen molar-refractivity contribution in [2.45, 2.75) is 32.3 Å². The van der Waals surface area contributed by atoms with Crippen LogP contribution in [0.2, 0.25) is 0 Å². The van der Waals surface area contributed by atoms with E-state index < -0.39 is 0 Å². The molecule has 3 rings (SSSR count). The number of fused-ring (bicyclic) bond motifs is 1. The Balaban J connectivity index is 1.78. The molecule has 2 fully saturated rings. The number of likely N-dealkylation sites (tertiary alicyclic amines) is 1. The van der Waals surface area contributed by atoms with E-state index in [4.69, 9.17) is 9.47 Å². The predicted octanol–water partition coefficient (Wildman–Crippen LogP) is 2.07. The van der Waals surface area contributed by atoms with E-state index in [0.717, 1.165) is 44.7 Å². The maximum absolute atomic E-state index is 12.8. The number of hydrogen-bond donors (Lipinski definition) is 0. The SMILES string of the molecule is CCOCC12CCCOC1CCN(C(=O)c1cccn1C)C2. The second-order valence-electron chi connectivity index (χ2n) is 6.48. The lowest BCUT2D eigenvalue weighted by molar-refractivity contribution is -0.146. The van der Waals surface area contributed by atoms with Crippen LogP contribution in [0, 0.1) is 5.41 Å². The number of nitrogens with zero attached hydrogens (tertiary/aromatic N) is 2. The molecule has 0 radical (unpaired) electrons. The second kappa shape index (κ2) is 6.42. The van der Waals surface area contributed by atoms with Crippen LogP contribution in [0.4, 0.5) is 0 Å². The Kier molecular flexibility index (Phi) is 4.54. The summed E-state index contributed by atoms with van der Waals surface area (Å²) in [5.74, 6) is 0.118. The molecule has 22 heavy (non-hydrogen) atoms. The van der Waals surface area contributed by atoms with Crippen LogP contribution >= 0.6 is 0 Å². The van der Waals surface area contributed by atoms with Crippen LogP contribution in [-0.2, 0) is 16.5 Å². The fourth-order valence-corrected chi connectivity index (χ4v) is 3.82. The molecule has 2 atom stereocenters. The van der Waals surface area contributed by atoms with Crippen molar-refractivity contribution in [3.63, 3.8) is 0 Å². The third kappa shape index (κ3) is 2.79. The van der Waals surface area contributed by atoms with Gasteiger partial charge in [-0.25, -0.2) is 0 Å². The maximum Gasteiger partial charge on any atom is 0.270 e. The number of hydrogen-bond acceptors (Lipinski definition) is 3. The topological polar surface area (TPSA) is 43.7 Å². The van der Waals surface area contributed by atoms with E-state index in [1.807, 2.05) is 41.8 Å². The van der Waals surface area contributed by atoms with Gasteiger partial charge in [-0.3, -0.25) is 4.79 Å². The average Bonchev–Trinajstić information content (AvgIpc) is 2.97. The van der Waals surface area contributed by atoms with Crippen molar-refractivity contribution in [2.24, 2.45) is 12.5 Å². The standard InChI is InChI=1S/C17H26N2O3/c1-3-21-13-17-8-5-11-22-15(17)7-10-19(12-17)16(20)14-6-4-9-18(14)2/h4,6,9,15H,3,5,7-8,10-13H2,1-2H3. The van der Waals surface area contributed by atoms with Crippen LogP contribution in [0.25, 0.3) is 0 Å². The predicted molar refractivity (Wildman–Crippen MR) is 83.8 cm³/mol. The maximum atomic E-state index is 12.8. The first kappa shape index (κ1) is 15.6. The first-order valence-electron chi connectivity index (χ1n) is 8.26. The molecule has 5 nitrogen and oxygen atoms in total. The molecule has 3 heterocycles. The lowest BCUT2D eigenvalue weighted by Crippen LogP contribution is -2.58. The van der Waals surface area contributed by atoms with Crippen LogP contribution in [0.1, 0.15) is 36.7 Å². The summed E-state index contributed by atoms with van der Waals surface area (Å²) in [6.07, 6.45) is 5.18. The Labute approximate surface area is 132 Å². The van der Waals surface area contributed by atoms with E-state index in [9.17, 15) is 4.79 Å². The molecule has 1 aromatic rings. The van der Waals surface area contributed by atoms with E-state index >= 15 is 0 Å². The lowest BCUT2D eigenvalue weighted by atomic mass is 9.73. The average molecular weight is 306 g/mol. The largest absolute Gasteiger partial charge is 0.381 e. The molecular weight excluding hydrogens is 280 g/mol. The molecule has 0 bridgehead atoms. The van der Waals surface area contributed by atoms with Crippen molar-refractivity contribution in [1.82, 2.24) is 9.47 Å². The van der Waals surface area contributed by atoms with Crippen LogP contribution in [-0.4, -0.2) is 54.4 Å². The molecule has 2 unspecified atom stereocenters. The van der Waals surface area contributed by atoms with Gasteiger partial charge in [0.05, 0.1) is 12.7 Å². The van der Waals surface area contributed by atoms with Crippen molar-refractivity contribution in [3.05, 3.63) is 24.0 Å². The number of aryl methyl sites for hydroxylation is 1. The van der Waals surface area contributed by atoms with Gasteiger partial charge in [0.2, 0.25) is 0 Å². The van der Waals surface area contributed by atoms with Gasteiger partial charge < -0.3 is 18.9 Å². The molecule has 0 aliphatic carbocycles. The highest BCUT2D eigenvalue weighted by molar-refractivity contribution is 5.92. The quantitative estimate of drug-likeness (QED) is 0.855. The summed E-state index contributed by atoms with van der Waals surface area (Å²) < 4.78 is 13.6. The Bertz CT molecular complexity index is 528. The number of rotatable bonds is 4. The third-order valence-corrected chi connectivity index (χ3v) is 5.03. The summed E-state index contributed by atoms with van der Waals surface area (Å²) in [5, 5.41) is 0. The highest BCUT2D eigenvalue weighted by Crippen LogP contribution is 2.40. The highest BCUT2D eigenvalue weighted by atomic mass is 16.5.